The van der Waals surface area contributed by atoms with Crippen LogP contribution in [0.15, 0.2) is 30.5 Å². The van der Waals surface area contributed by atoms with E-state index in [4.69, 9.17) is 4.74 Å². The van der Waals surface area contributed by atoms with Crippen LogP contribution in [0.1, 0.15) is 29.6 Å². The summed E-state index contributed by atoms with van der Waals surface area (Å²) < 4.78 is 31.1. The predicted molar refractivity (Wildman–Crippen MR) is 121 cm³/mol. The number of aromatic amines is 1. The smallest absolute Gasteiger partial charge is 0.253 e. The average molecular weight is 449 g/mol. The van der Waals surface area contributed by atoms with Crippen LogP contribution in [-0.2, 0) is 14.8 Å². The zero-order chi connectivity index (χ0) is 22.0. The molecule has 1 N–H and O–H groups in total. The van der Waals surface area contributed by atoms with Gasteiger partial charge >= 0.3 is 0 Å². The van der Waals surface area contributed by atoms with Crippen molar-refractivity contribution in [1.82, 2.24) is 19.1 Å². The summed E-state index contributed by atoms with van der Waals surface area (Å²) >= 11 is 0. The second-order valence-corrected chi connectivity index (χ2v) is 10.6. The Morgan fingerprint density at radius 1 is 1.16 bits per heavy atom. The van der Waals surface area contributed by atoms with Crippen LogP contribution in [0.25, 0.3) is 10.9 Å². The van der Waals surface area contributed by atoms with Gasteiger partial charge in [0.2, 0.25) is 10.0 Å². The Hall–Kier alpha value is -1.94. The van der Waals surface area contributed by atoms with Crippen molar-refractivity contribution in [3.63, 3.8) is 0 Å². The molecule has 0 radical (unpaired) electrons. The van der Waals surface area contributed by atoms with Gasteiger partial charge in [-0.25, -0.2) is 12.7 Å². The van der Waals surface area contributed by atoms with Crippen molar-refractivity contribution < 1.29 is 17.9 Å². The first-order valence-electron chi connectivity index (χ1n) is 10.9. The molecule has 2 saturated heterocycles. The van der Waals surface area contributed by atoms with Gasteiger partial charge in [-0.15, -0.1) is 0 Å². The number of nitrogens with zero attached hydrogens (tertiary/aromatic N) is 3. The molecule has 0 aliphatic carbocycles. The number of hydrogen-bond donors (Lipinski definition) is 1. The van der Waals surface area contributed by atoms with Crippen LogP contribution in [0.4, 0.5) is 0 Å². The van der Waals surface area contributed by atoms with Gasteiger partial charge in [-0.05, 0) is 42.8 Å². The number of rotatable bonds is 7. The van der Waals surface area contributed by atoms with Crippen LogP contribution in [0.2, 0.25) is 0 Å². The molecule has 1 amide bonds. The first-order valence-corrected chi connectivity index (χ1v) is 12.8. The lowest BCUT2D eigenvalue weighted by molar-refractivity contribution is 0.0158. The fourth-order valence-corrected chi connectivity index (χ4v) is 5.61. The van der Waals surface area contributed by atoms with Gasteiger partial charge in [-0.3, -0.25) is 9.69 Å². The van der Waals surface area contributed by atoms with Crippen LogP contribution < -0.4 is 0 Å². The number of hydrogen-bond acceptors (Lipinski definition) is 5. The molecule has 1 aromatic carbocycles. The third-order valence-corrected chi connectivity index (χ3v) is 7.84. The fourth-order valence-electron chi connectivity index (χ4n) is 4.73. The lowest BCUT2D eigenvalue weighted by atomic mass is 10.0. The number of aromatic nitrogens is 1. The molecule has 2 aromatic rings. The van der Waals surface area contributed by atoms with Gasteiger partial charge in [0, 0.05) is 75.8 Å². The number of ether oxygens (including phenoxy) is 1. The summed E-state index contributed by atoms with van der Waals surface area (Å²) in [5.74, 6) is -0.00684. The van der Waals surface area contributed by atoms with Gasteiger partial charge in [0.05, 0.1) is 6.26 Å². The zero-order valence-corrected chi connectivity index (χ0v) is 19.1. The van der Waals surface area contributed by atoms with Gasteiger partial charge < -0.3 is 14.6 Å². The second kappa shape index (κ2) is 9.28. The predicted octanol–water partition coefficient (Wildman–Crippen LogP) is 1.75. The molecule has 0 bridgehead atoms. The number of H-pyrrole nitrogens is 1. The molecular weight excluding hydrogens is 416 g/mol. The van der Waals surface area contributed by atoms with E-state index in [1.807, 2.05) is 37.5 Å². The number of likely N-dealkylation sites (N-methyl/N-ethyl adjacent to an activating group) is 1. The lowest BCUT2D eigenvalue weighted by Crippen LogP contribution is -2.50. The molecular formula is C22H32N4O4S. The summed E-state index contributed by atoms with van der Waals surface area (Å²) in [6, 6.07) is 8.24. The Balaban J connectivity index is 1.43. The van der Waals surface area contributed by atoms with Crippen LogP contribution >= 0.6 is 0 Å². The number of carbonyl (C=O) groups excluding carboxylic acids is 1. The van der Waals surface area contributed by atoms with E-state index in [0.717, 1.165) is 49.9 Å². The highest BCUT2D eigenvalue weighted by Gasteiger charge is 2.36. The summed E-state index contributed by atoms with van der Waals surface area (Å²) in [6.07, 6.45) is 5.86. The third-order valence-electron chi connectivity index (χ3n) is 6.57. The number of amides is 1. The second-order valence-electron chi connectivity index (χ2n) is 8.65. The quantitative estimate of drug-likeness (QED) is 0.698. The first kappa shape index (κ1) is 22.3. The number of fused-ring (bicyclic) bond motifs is 1. The summed E-state index contributed by atoms with van der Waals surface area (Å²) in [5.41, 5.74) is 1.62. The Kier molecular flexibility index (Phi) is 6.66. The maximum Gasteiger partial charge on any atom is 0.253 e. The highest BCUT2D eigenvalue weighted by molar-refractivity contribution is 7.88. The van der Waals surface area contributed by atoms with E-state index in [9.17, 15) is 13.2 Å². The van der Waals surface area contributed by atoms with E-state index >= 15 is 0 Å². The molecule has 4 rings (SSSR count). The van der Waals surface area contributed by atoms with Crippen molar-refractivity contribution in [3.8, 4) is 0 Å². The Bertz CT molecular complexity index is 1020. The average Bonchev–Trinajstić information content (AvgIpc) is 3.43. The van der Waals surface area contributed by atoms with E-state index in [1.165, 1.54) is 6.26 Å². The normalized spacial score (nSPS) is 21.2. The highest BCUT2D eigenvalue weighted by atomic mass is 32.2. The van der Waals surface area contributed by atoms with Crippen LogP contribution in [0.3, 0.4) is 0 Å². The molecule has 2 aliphatic rings. The molecule has 170 valence electrons. The van der Waals surface area contributed by atoms with Gasteiger partial charge in [0.1, 0.15) is 0 Å². The molecule has 31 heavy (non-hydrogen) atoms. The summed E-state index contributed by atoms with van der Waals surface area (Å²) in [7, 11) is -1.34. The highest BCUT2D eigenvalue weighted by Crippen LogP contribution is 2.24. The summed E-state index contributed by atoms with van der Waals surface area (Å²) in [6.45, 7) is 3.86. The van der Waals surface area contributed by atoms with Crippen LogP contribution in [-0.4, -0.2) is 98.2 Å². The Morgan fingerprint density at radius 2 is 1.94 bits per heavy atom. The van der Waals surface area contributed by atoms with Gasteiger partial charge in [-0.1, -0.05) is 6.07 Å². The largest absolute Gasteiger partial charge is 0.381 e. The lowest BCUT2D eigenvalue weighted by Gasteiger charge is -2.39. The molecule has 9 heteroatoms. The molecule has 1 aromatic heterocycles. The third kappa shape index (κ3) is 5.11. The van der Waals surface area contributed by atoms with E-state index in [-0.39, 0.29) is 11.9 Å². The van der Waals surface area contributed by atoms with Crippen molar-refractivity contribution in [2.75, 3.05) is 52.7 Å². The zero-order valence-electron chi connectivity index (χ0n) is 18.3. The van der Waals surface area contributed by atoms with Crippen molar-refractivity contribution in [2.24, 2.45) is 0 Å². The standard InChI is InChI=1S/C22H32N4O4S/c1-24(22(27)18-4-3-17-5-9-23-21(17)15-18)11-12-26(19-7-13-30-14-8-19)20-6-10-25(16-20)31(2,28)29/h3-5,9,15,19-20,23H,6-8,10-14,16H2,1-2H3. The van der Waals surface area contributed by atoms with Gasteiger partial charge in [0.15, 0.2) is 0 Å². The van der Waals surface area contributed by atoms with Crippen molar-refractivity contribution in [1.29, 1.82) is 0 Å². The van der Waals surface area contributed by atoms with Crippen LogP contribution in [0, 0.1) is 0 Å². The number of nitrogens with one attached hydrogen (secondary N) is 1. The molecule has 8 nitrogen and oxygen atoms in total. The molecule has 3 heterocycles. The first-order chi connectivity index (χ1) is 14.8. The van der Waals surface area contributed by atoms with E-state index in [0.29, 0.717) is 31.2 Å². The van der Waals surface area contributed by atoms with Crippen LogP contribution in [0.5, 0.6) is 0 Å². The molecule has 1 unspecified atom stereocenters. The van der Waals surface area contributed by atoms with Crippen molar-refractivity contribution in [3.05, 3.63) is 36.0 Å². The summed E-state index contributed by atoms with van der Waals surface area (Å²) in [4.78, 5) is 20.3. The van der Waals surface area contributed by atoms with E-state index in [1.54, 1.807) is 9.21 Å². The monoisotopic (exact) mass is 448 g/mol. The van der Waals surface area contributed by atoms with Gasteiger partial charge in [0.25, 0.3) is 5.91 Å². The van der Waals surface area contributed by atoms with Crippen molar-refractivity contribution >= 4 is 26.8 Å². The SMILES string of the molecule is CN(CCN(C1CCOCC1)C1CCN(S(C)(=O)=O)C1)C(=O)c1ccc2cc[nH]c2c1. The molecule has 1 atom stereocenters. The molecule has 2 aliphatic heterocycles. The minimum atomic E-state index is -3.18. The van der Waals surface area contributed by atoms with E-state index in [2.05, 4.69) is 9.88 Å². The minimum absolute atomic E-state index is 0.00684. The Labute approximate surface area is 184 Å². The summed E-state index contributed by atoms with van der Waals surface area (Å²) in [5, 5.41) is 1.08. The topological polar surface area (TPSA) is 85.9 Å². The Morgan fingerprint density at radius 3 is 2.65 bits per heavy atom. The number of carbonyl (C=O) groups is 1. The maximum absolute atomic E-state index is 13.0. The minimum Gasteiger partial charge on any atom is -0.381 e. The van der Waals surface area contributed by atoms with E-state index < -0.39 is 10.0 Å². The molecule has 2 fully saturated rings. The fraction of sp³-hybridized carbons (Fsp3) is 0.591. The number of benzene rings is 1. The molecule has 0 spiro atoms. The van der Waals surface area contributed by atoms with Crippen molar-refractivity contribution in [2.45, 2.75) is 31.3 Å². The molecule has 0 saturated carbocycles. The van der Waals surface area contributed by atoms with Gasteiger partial charge in [-0.2, -0.15) is 0 Å². The maximum atomic E-state index is 13.0. The number of sulfonamides is 1.